The molecule has 0 amide bonds. The summed E-state index contributed by atoms with van der Waals surface area (Å²) in [7, 11) is 1.65. The molecule has 5 heteroatoms. The van der Waals surface area contributed by atoms with Crippen LogP contribution < -0.4 is 10.4 Å². The monoisotopic (exact) mass is 275 g/mol. The Morgan fingerprint density at radius 3 is 2.35 bits per heavy atom. The molecule has 0 N–H and O–H groups in total. The van der Waals surface area contributed by atoms with Gasteiger partial charge in [0.25, 0.3) is 0 Å². The first kappa shape index (κ1) is 14.4. The summed E-state index contributed by atoms with van der Waals surface area (Å²) in [6, 6.07) is 7.88. The van der Waals surface area contributed by atoms with Gasteiger partial charge >= 0.3 is 5.69 Å². The number of rotatable bonds is 4. The molecule has 2 aromatic rings. The molecule has 0 spiro atoms. The predicted octanol–water partition coefficient (Wildman–Crippen LogP) is 2.05. The number of nitrogens with zero attached hydrogens (tertiary/aromatic N) is 3. The topological polar surface area (TPSA) is 49.0 Å². The third kappa shape index (κ3) is 3.10. The standard InChI is InChI=1S/C15H21N3O2/c1-15(2,3)18-14(19)17(11-16-18)10-9-12-5-7-13(20-4)8-6-12/h5-8,11H,9-10H2,1-4H3. The van der Waals surface area contributed by atoms with Crippen LogP contribution in [0, 0.1) is 0 Å². The highest BCUT2D eigenvalue weighted by atomic mass is 16.5. The highest BCUT2D eigenvalue weighted by Gasteiger charge is 2.18. The van der Waals surface area contributed by atoms with E-state index < -0.39 is 0 Å². The molecule has 20 heavy (non-hydrogen) atoms. The first-order valence-corrected chi connectivity index (χ1v) is 6.69. The third-order valence-electron chi connectivity index (χ3n) is 3.17. The molecule has 0 fully saturated rings. The van der Waals surface area contributed by atoms with Crippen molar-refractivity contribution in [1.82, 2.24) is 14.3 Å². The maximum atomic E-state index is 12.2. The molecule has 0 atom stereocenters. The number of hydrogen-bond donors (Lipinski definition) is 0. The minimum Gasteiger partial charge on any atom is -0.497 e. The highest BCUT2D eigenvalue weighted by Crippen LogP contribution is 2.12. The number of hydrogen-bond acceptors (Lipinski definition) is 3. The molecule has 0 saturated carbocycles. The van der Waals surface area contributed by atoms with Gasteiger partial charge in [-0.2, -0.15) is 5.10 Å². The van der Waals surface area contributed by atoms with E-state index in [4.69, 9.17) is 4.74 Å². The van der Waals surface area contributed by atoms with Crippen molar-refractivity contribution < 1.29 is 4.74 Å². The second-order valence-electron chi connectivity index (χ2n) is 5.79. The Hall–Kier alpha value is -2.04. The molecule has 1 heterocycles. The van der Waals surface area contributed by atoms with Gasteiger partial charge in [-0.3, -0.25) is 4.57 Å². The van der Waals surface area contributed by atoms with Crippen molar-refractivity contribution in [1.29, 1.82) is 0 Å². The van der Waals surface area contributed by atoms with Crippen LogP contribution >= 0.6 is 0 Å². The van der Waals surface area contributed by atoms with Gasteiger partial charge in [0, 0.05) is 6.54 Å². The Morgan fingerprint density at radius 1 is 1.20 bits per heavy atom. The molecule has 1 aromatic heterocycles. The molecular formula is C15H21N3O2. The molecule has 0 unspecified atom stereocenters. The lowest BCUT2D eigenvalue weighted by Crippen LogP contribution is -2.36. The average Bonchev–Trinajstić information content (AvgIpc) is 2.78. The van der Waals surface area contributed by atoms with E-state index in [1.807, 2.05) is 45.0 Å². The fourth-order valence-electron chi connectivity index (χ4n) is 1.99. The number of benzene rings is 1. The van der Waals surface area contributed by atoms with Crippen molar-refractivity contribution in [2.45, 2.75) is 39.3 Å². The second kappa shape index (κ2) is 5.53. The summed E-state index contributed by atoms with van der Waals surface area (Å²) in [5.41, 5.74) is 0.815. The normalized spacial score (nSPS) is 11.6. The summed E-state index contributed by atoms with van der Waals surface area (Å²) in [6.07, 6.45) is 2.40. The first-order chi connectivity index (χ1) is 9.41. The van der Waals surface area contributed by atoms with Crippen molar-refractivity contribution in [3.05, 3.63) is 46.6 Å². The molecule has 0 aliphatic heterocycles. The largest absolute Gasteiger partial charge is 0.497 e. The van der Waals surface area contributed by atoms with Gasteiger partial charge in [0.1, 0.15) is 12.1 Å². The third-order valence-corrected chi connectivity index (χ3v) is 3.17. The van der Waals surface area contributed by atoms with Crippen LogP contribution in [-0.4, -0.2) is 21.5 Å². The Bertz CT molecular complexity index is 618. The van der Waals surface area contributed by atoms with Gasteiger partial charge in [0.15, 0.2) is 0 Å². The van der Waals surface area contributed by atoms with Crippen LogP contribution in [0.5, 0.6) is 5.75 Å². The fraction of sp³-hybridized carbons (Fsp3) is 0.467. The molecule has 2 rings (SSSR count). The van der Waals surface area contributed by atoms with Crippen LogP contribution in [0.3, 0.4) is 0 Å². The maximum Gasteiger partial charge on any atom is 0.346 e. The molecule has 5 nitrogen and oxygen atoms in total. The zero-order valence-corrected chi connectivity index (χ0v) is 12.5. The second-order valence-corrected chi connectivity index (χ2v) is 5.79. The quantitative estimate of drug-likeness (QED) is 0.858. The molecule has 108 valence electrons. The number of ether oxygens (including phenoxy) is 1. The Kier molecular flexibility index (Phi) is 3.97. The smallest absolute Gasteiger partial charge is 0.346 e. The molecule has 0 saturated heterocycles. The van der Waals surface area contributed by atoms with Crippen molar-refractivity contribution in [2.24, 2.45) is 0 Å². The van der Waals surface area contributed by atoms with Crippen LogP contribution in [0.1, 0.15) is 26.3 Å². The van der Waals surface area contributed by atoms with Crippen molar-refractivity contribution >= 4 is 0 Å². The number of aryl methyl sites for hydroxylation is 2. The molecule has 0 bridgehead atoms. The van der Waals surface area contributed by atoms with Gasteiger partial charge in [0.2, 0.25) is 0 Å². The van der Waals surface area contributed by atoms with Crippen LogP contribution in [-0.2, 0) is 18.5 Å². The van der Waals surface area contributed by atoms with Crippen molar-refractivity contribution in [3.63, 3.8) is 0 Å². The maximum absolute atomic E-state index is 12.2. The van der Waals surface area contributed by atoms with E-state index in [2.05, 4.69) is 5.10 Å². The molecule has 1 aromatic carbocycles. The van der Waals surface area contributed by atoms with Crippen molar-refractivity contribution in [3.8, 4) is 5.75 Å². The van der Waals surface area contributed by atoms with Crippen LogP contribution in [0.15, 0.2) is 35.4 Å². The summed E-state index contributed by atoms with van der Waals surface area (Å²) in [5, 5.41) is 4.17. The van der Waals surface area contributed by atoms with Crippen LogP contribution in [0.4, 0.5) is 0 Å². The summed E-state index contributed by atoms with van der Waals surface area (Å²) in [5.74, 6) is 0.839. The zero-order chi connectivity index (χ0) is 14.8. The first-order valence-electron chi connectivity index (χ1n) is 6.69. The van der Waals surface area contributed by atoms with Gasteiger partial charge in [-0.05, 0) is 44.9 Å². The lowest BCUT2D eigenvalue weighted by atomic mass is 10.1. The van der Waals surface area contributed by atoms with E-state index in [0.29, 0.717) is 6.54 Å². The number of aromatic nitrogens is 3. The molecule has 0 aliphatic carbocycles. The van der Waals surface area contributed by atoms with Gasteiger partial charge < -0.3 is 4.74 Å². The molecule has 0 aliphatic rings. The van der Waals surface area contributed by atoms with E-state index in [9.17, 15) is 4.79 Å². The summed E-state index contributed by atoms with van der Waals surface area (Å²) < 4.78 is 8.29. The summed E-state index contributed by atoms with van der Waals surface area (Å²) >= 11 is 0. The average molecular weight is 275 g/mol. The van der Waals surface area contributed by atoms with E-state index in [1.54, 1.807) is 18.0 Å². The summed E-state index contributed by atoms with van der Waals surface area (Å²) in [4.78, 5) is 12.2. The van der Waals surface area contributed by atoms with Crippen LogP contribution in [0.25, 0.3) is 0 Å². The van der Waals surface area contributed by atoms with E-state index >= 15 is 0 Å². The number of methoxy groups -OCH3 is 1. The Morgan fingerprint density at radius 2 is 1.85 bits per heavy atom. The van der Waals surface area contributed by atoms with Gasteiger partial charge in [-0.15, -0.1) is 0 Å². The Balaban J connectivity index is 2.07. The molecular weight excluding hydrogens is 254 g/mol. The SMILES string of the molecule is COc1ccc(CCn2cnn(C(C)(C)C)c2=O)cc1. The van der Waals surface area contributed by atoms with Crippen molar-refractivity contribution in [2.75, 3.05) is 7.11 Å². The zero-order valence-electron chi connectivity index (χ0n) is 12.5. The minimum absolute atomic E-state index is 0.0639. The van der Waals surface area contributed by atoms with Crippen LogP contribution in [0.2, 0.25) is 0 Å². The lowest BCUT2D eigenvalue weighted by Gasteiger charge is -2.16. The highest BCUT2D eigenvalue weighted by molar-refractivity contribution is 5.27. The predicted molar refractivity (Wildman–Crippen MR) is 78.2 cm³/mol. The lowest BCUT2D eigenvalue weighted by molar-refractivity contribution is 0.340. The van der Waals surface area contributed by atoms with E-state index in [-0.39, 0.29) is 11.2 Å². The van der Waals surface area contributed by atoms with Gasteiger partial charge in [0.05, 0.1) is 12.6 Å². The fourth-order valence-corrected chi connectivity index (χ4v) is 1.99. The van der Waals surface area contributed by atoms with E-state index in [0.717, 1.165) is 12.2 Å². The summed E-state index contributed by atoms with van der Waals surface area (Å²) in [6.45, 7) is 6.53. The minimum atomic E-state index is -0.289. The molecule has 0 radical (unpaired) electrons. The van der Waals surface area contributed by atoms with Gasteiger partial charge in [-0.1, -0.05) is 12.1 Å². The Labute approximate surface area is 118 Å². The van der Waals surface area contributed by atoms with Gasteiger partial charge in [-0.25, -0.2) is 9.48 Å². The van der Waals surface area contributed by atoms with E-state index in [1.165, 1.54) is 10.2 Å².